The Morgan fingerprint density at radius 1 is 1.33 bits per heavy atom. The van der Waals surface area contributed by atoms with E-state index in [-0.39, 0.29) is 5.91 Å². The van der Waals surface area contributed by atoms with Gasteiger partial charge in [0.2, 0.25) is 0 Å². The Hall–Kier alpha value is -1.75. The number of rotatable bonds is 2. The Morgan fingerprint density at radius 2 is 2.00 bits per heavy atom. The van der Waals surface area contributed by atoms with Gasteiger partial charge in [0.15, 0.2) is 0 Å². The van der Waals surface area contributed by atoms with Gasteiger partial charge in [-0.1, -0.05) is 43.9 Å². The topological polar surface area (TPSA) is 29.1 Å². The van der Waals surface area contributed by atoms with E-state index in [2.05, 4.69) is 17.2 Å². The molecule has 0 aliphatic rings. The normalized spacial score (nSPS) is 9.27. The maximum absolute atomic E-state index is 11.5. The van der Waals surface area contributed by atoms with Crippen LogP contribution in [0.15, 0.2) is 30.3 Å². The first-order chi connectivity index (χ1) is 7.20. The first kappa shape index (κ1) is 11.3. The Morgan fingerprint density at radius 3 is 2.60 bits per heavy atom. The zero-order chi connectivity index (χ0) is 11.1. The van der Waals surface area contributed by atoms with Crippen LogP contribution < -0.4 is 5.32 Å². The van der Waals surface area contributed by atoms with Crippen molar-refractivity contribution >= 4 is 5.91 Å². The second-order valence-electron chi connectivity index (χ2n) is 3.52. The lowest BCUT2D eigenvalue weighted by atomic mass is 10.2. The van der Waals surface area contributed by atoms with Gasteiger partial charge in [-0.3, -0.25) is 4.79 Å². The molecule has 2 heteroatoms. The Kier molecular flexibility index (Phi) is 4.43. The van der Waals surface area contributed by atoms with Crippen molar-refractivity contribution in [1.82, 2.24) is 5.32 Å². The molecular formula is C13H15NO. The summed E-state index contributed by atoms with van der Waals surface area (Å²) >= 11 is 0. The van der Waals surface area contributed by atoms with Crippen LogP contribution in [0, 0.1) is 17.8 Å². The third kappa shape index (κ3) is 4.33. The van der Waals surface area contributed by atoms with Crippen molar-refractivity contribution in [3.05, 3.63) is 35.9 Å². The van der Waals surface area contributed by atoms with Crippen LogP contribution in [0.2, 0.25) is 0 Å². The van der Waals surface area contributed by atoms with Crippen LogP contribution >= 0.6 is 0 Å². The van der Waals surface area contributed by atoms with Crippen LogP contribution in [0.3, 0.4) is 0 Å². The van der Waals surface area contributed by atoms with E-state index in [1.807, 2.05) is 32.0 Å². The van der Waals surface area contributed by atoms with Crippen molar-refractivity contribution in [3.63, 3.8) is 0 Å². The predicted molar refractivity (Wildman–Crippen MR) is 61.4 cm³/mol. The molecule has 0 unspecified atom stereocenters. The summed E-state index contributed by atoms with van der Waals surface area (Å²) in [7, 11) is 0. The maximum Gasteiger partial charge on any atom is 0.252 e. The summed E-state index contributed by atoms with van der Waals surface area (Å²) in [6.45, 7) is 4.45. The summed E-state index contributed by atoms with van der Waals surface area (Å²) in [6.07, 6.45) is 0. The summed E-state index contributed by atoms with van der Waals surface area (Å²) < 4.78 is 0. The average molecular weight is 201 g/mol. The zero-order valence-corrected chi connectivity index (χ0v) is 9.08. The smallest absolute Gasteiger partial charge is 0.252 e. The van der Waals surface area contributed by atoms with E-state index >= 15 is 0 Å². The number of benzene rings is 1. The molecule has 1 amide bonds. The molecule has 1 aromatic rings. The van der Waals surface area contributed by atoms with Crippen molar-refractivity contribution in [2.75, 3.05) is 6.54 Å². The second-order valence-corrected chi connectivity index (χ2v) is 3.52. The lowest BCUT2D eigenvalue weighted by Crippen LogP contribution is -2.23. The third-order valence-electron chi connectivity index (χ3n) is 1.76. The number of carbonyl (C=O) groups is 1. The van der Waals surface area contributed by atoms with E-state index in [1.165, 1.54) is 0 Å². The summed E-state index contributed by atoms with van der Waals surface area (Å²) in [4.78, 5) is 11.5. The number of amides is 1. The number of hydrogen-bond donors (Lipinski definition) is 1. The van der Waals surface area contributed by atoms with Crippen LogP contribution in [0.25, 0.3) is 0 Å². The molecule has 0 fully saturated rings. The van der Waals surface area contributed by atoms with Gasteiger partial charge in [0.1, 0.15) is 0 Å². The predicted octanol–water partition coefficient (Wildman–Crippen LogP) is 2.08. The average Bonchev–Trinajstić information content (AvgIpc) is 2.25. The Bertz CT molecular complexity index is 371. The zero-order valence-electron chi connectivity index (χ0n) is 9.08. The van der Waals surface area contributed by atoms with Crippen LogP contribution in [-0.2, 0) is 0 Å². The molecule has 0 saturated heterocycles. The number of hydrogen-bond acceptors (Lipinski definition) is 1. The van der Waals surface area contributed by atoms with Gasteiger partial charge in [0, 0.05) is 11.5 Å². The van der Waals surface area contributed by atoms with Crippen molar-refractivity contribution < 1.29 is 4.79 Å². The molecule has 0 saturated carbocycles. The van der Waals surface area contributed by atoms with E-state index in [1.54, 1.807) is 12.1 Å². The lowest BCUT2D eigenvalue weighted by Gasteiger charge is -2.00. The van der Waals surface area contributed by atoms with Crippen LogP contribution in [0.5, 0.6) is 0 Å². The van der Waals surface area contributed by atoms with Crippen molar-refractivity contribution in [1.29, 1.82) is 0 Å². The standard InChI is InChI=1S/C13H15NO/c1-11(2)7-6-10-14-13(15)12-8-4-3-5-9-12/h3-5,8-9,11H,10H2,1-2H3,(H,14,15). The van der Waals surface area contributed by atoms with E-state index in [0.717, 1.165) is 0 Å². The molecule has 2 nitrogen and oxygen atoms in total. The van der Waals surface area contributed by atoms with Gasteiger partial charge >= 0.3 is 0 Å². The first-order valence-corrected chi connectivity index (χ1v) is 5.02. The second kappa shape index (κ2) is 5.87. The minimum Gasteiger partial charge on any atom is -0.341 e. The van der Waals surface area contributed by atoms with E-state index < -0.39 is 0 Å². The molecule has 0 aromatic heterocycles. The molecule has 1 rings (SSSR count). The molecule has 0 aliphatic carbocycles. The Labute approximate surface area is 90.7 Å². The van der Waals surface area contributed by atoms with Crippen LogP contribution in [0.1, 0.15) is 24.2 Å². The summed E-state index contributed by atoms with van der Waals surface area (Å²) in [5, 5.41) is 2.74. The van der Waals surface area contributed by atoms with Crippen molar-refractivity contribution in [3.8, 4) is 11.8 Å². The maximum atomic E-state index is 11.5. The fraction of sp³-hybridized carbons (Fsp3) is 0.308. The summed E-state index contributed by atoms with van der Waals surface area (Å²) in [5.41, 5.74) is 0.670. The van der Waals surface area contributed by atoms with Gasteiger partial charge in [-0.15, -0.1) is 0 Å². The fourth-order valence-electron chi connectivity index (χ4n) is 1.07. The highest BCUT2D eigenvalue weighted by atomic mass is 16.1. The van der Waals surface area contributed by atoms with Crippen LogP contribution in [0.4, 0.5) is 0 Å². The quantitative estimate of drug-likeness (QED) is 0.729. The number of nitrogens with one attached hydrogen (secondary N) is 1. The molecule has 15 heavy (non-hydrogen) atoms. The van der Waals surface area contributed by atoms with Gasteiger partial charge in [0.25, 0.3) is 5.91 Å². The molecule has 0 heterocycles. The monoisotopic (exact) mass is 201 g/mol. The molecule has 78 valence electrons. The Balaban J connectivity index is 2.42. The first-order valence-electron chi connectivity index (χ1n) is 5.02. The van der Waals surface area contributed by atoms with Gasteiger partial charge in [0.05, 0.1) is 6.54 Å². The molecular weight excluding hydrogens is 186 g/mol. The lowest BCUT2D eigenvalue weighted by molar-refractivity contribution is 0.0958. The molecule has 0 bridgehead atoms. The van der Waals surface area contributed by atoms with Gasteiger partial charge in [-0.05, 0) is 12.1 Å². The molecule has 1 aromatic carbocycles. The van der Waals surface area contributed by atoms with Gasteiger partial charge < -0.3 is 5.32 Å². The molecule has 0 atom stereocenters. The summed E-state index contributed by atoms with van der Waals surface area (Å²) in [6, 6.07) is 9.13. The van der Waals surface area contributed by atoms with Gasteiger partial charge in [-0.25, -0.2) is 0 Å². The largest absolute Gasteiger partial charge is 0.341 e. The van der Waals surface area contributed by atoms with E-state index in [4.69, 9.17) is 0 Å². The number of carbonyl (C=O) groups excluding carboxylic acids is 1. The van der Waals surface area contributed by atoms with E-state index in [0.29, 0.717) is 18.0 Å². The highest BCUT2D eigenvalue weighted by Crippen LogP contribution is 1.96. The van der Waals surface area contributed by atoms with Gasteiger partial charge in [-0.2, -0.15) is 0 Å². The van der Waals surface area contributed by atoms with E-state index in [9.17, 15) is 4.79 Å². The van der Waals surface area contributed by atoms with Crippen molar-refractivity contribution in [2.24, 2.45) is 5.92 Å². The SMILES string of the molecule is CC(C)C#CCNC(=O)c1ccccc1. The van der Waals surface area contributed by atoms with Crippen LogP contribution in [-0.4, -0.2) is 12.5 Å². The highest BCUT2D eigenvalue weighted by molar-refractivity contribution is 5.94. The molecule has 0 aliphatic heterocycles. The molecule has 0 radical (unpaired) electrons. The summed E-state index contributed by atoms with van der Waals surface area (Å²) in [5.74, 6) is 6.16. The minimum atomic E-state index is -0.0753. The molecule has 1 N–H and O–H groups in total. The highest BCUT2D eigenvalue weighted by Gasteiger charge is 2.00. The third-order valence-corrected chi connectivity index (χ3v) is 1.76. The minimum absolute atomic E-state index is 0.0753. The van der Waals surface area contributed by atoms with Crippen molar-refractivity contribution in [2.45, 2.75) is 13.8 Å². The molecule has 0 spiro atoms. The fourth-order valence-corrected chi connectivity index (χ4v) is 1.07.